The first-order valence-corrected chi connectivity index (χ1v) is 7.81. The Morgan fingerprint density at radius 2 is 1.63 bits per heavy atom. The van der Waals surface area contributed by atoms with Crippen molar-refractivity contribution in [1.82, 2.24) is 4.90 Å². The summed E-state index contributed by atoms with van der Waals surface area (Å²) in [6.45, 7) is 11.3. The van der Waals surface area contributed by atoms with Crippen molar-refractivity contribution >= 4 is 5.91 Å². The van der Waals surface area contributed by atoms with Crippen LogP contribution in [0.3, 0.4) is 0 Å². The summed E-state index contributed by atoms with van der Waals surface area (Å²) < 4.78 is 0. The molecule has 0 heterocycles. The lowest BCUT2D eigenvalue weighted by atomic mass is 9.77. The number of rotatable bonds is 9. The Kier molecular flexibility index (Phi) is 8.31. The first-order valence-electron chi connectivity index (χ1n) is 7.81. The molecule has 114 valence electrons. The third kappa shape index (κ3) is 5.13. The largest absolute Gasteiger partial charge is 0.343 e. The predicted molar refractivity (Wildman–Crippen MR) is 83.0 cm³/mol. The summed E-state index contributed by atoms with van der Waals surface area (Å²) in [7, 11) is 1.94. The molecule has 0 aromatic rings. The molecule has 0 aliphatic rings. The molecule has 0 radical (unpaired) electrons. The molecule has 0 aromatic carbocycles. The van der Waals surface area contributed by atoms with Gasteiger partial charge in [0.25, 0.3) is 0 Å². The molecule has 0 saturated carbocycles. The van der Waals surface area contributed by atoms with Gasteiger partial charge in [0.1, 0.15) is 0 Å². The van der Waals surface area contributed by atoms with E-state index in [2.05, 4.69) is 34.6 Å². The Bertz CT molecular complexity index is 257. The molecule has 1 amide bonds. The molecule has 3 heteroatoms. The van der Waals surface area contributed by atoms with E-state index in [0.717, 1.165) is 32.1 Å². The SMILES string of the molecule is CCCC(CN)(CCC)C(=O)N(C)C(C)CC(C)C. The summed E-state index contributed by atoms with van der Waals surface area (Å²) in [5, 5.41) is 0. The zero-order chi connectivity index (χ0) is 15.1. The molecule has 0 bridgehead atoms. The fourth-order valence-electron chi connectivity index (χ4n) is 3.00. The van der Waals surface area contributed by atoms with Gasteiger partial charge >= 0.3 is 0 Å². The molecule has 0 rings (SSSR count). The van der Waals surface area contributed by atoms with E-state index in [9.17, 15) is 4.79 Å². The standard InChI is InChI=1S/C16H34N2O/c1-7-9-16(12-17,10-8-2)15(19)18(6)14(5)11-13(3)4/h13-14H,7-12,17H2,1-6H3. The molecule has 0 saturated heterocycles. The number of carbonyl (C=O) groups is 1. The summed E-state index contributed by atoms with van der Waals surface area (Å²) in [4.78, 5) is 14.8. The maximum atomic E-state index is 12.8. The van der Waals surface area contributed by atoms with E-state index in [1.54, 1.807) is 0 Å². The quantitative estimate of drug-likeness (QED) is 0.698. The average Bonchev–Trinajstić information content (AvgIpc) is 2.35. The Balaban J connectivity index is 4.96. The monoisotopic (exact) mass is 270 g/mol. The van der Waals surface area contributed by atoms with Gasteiger partial charge in [-0.05, 0) is 32.1 Å². The molecular formula is C16H34N2O. The topological polar surface area (TPSA) is 46.3 Å². The van der Waals surface area contributed by atoms with Crippen molar-refractivity contribution in [3.63, 3.8) is 0 Å². The van der Waals surface area contributed by atoms with Gasteiger partial charge in [0, 0.05) is 19.6 Å². The highest BCUT2D eigenvalue weighted by atomic mass is 16.2. The lowest BCUT2D eigenvalue weighted by Gasteiger charge is -2.38. The average molecular weight is 270 g/mol. The van der Waals surface area contributed by atoms with Gasteiger partial charge in [-0.15, -0.1) is 0 Å². The van der Waals surface area contributed by atoms with Crippen LogP contribution in [0.25, 0.3) is 0 Å². The Morgan fingerprint density at radius 3 is 1.95 bits per heavy atom. The Hall–Kier alpha value is -0.570. The smallest absolute Gasteiger partial charge is 0.230 e. The van der Waals surface area contributed by atoms with Crippen LogP contribution in [0.5, 0.6) is 0 Å². The van der Waals surface area contributed by atoms with E-state index in [4.69, 9.17) is 5.73 Å². The van der Waals surface area contributed by atoms with E-state index in [1.807, 2.05) is 11.9 Å². The summed E-state index contributed by atoms with van der Waals surface area (Å²) >= 11 is 0. The highest BCUT2D eigenvalue weighted by Crippen LogP contribution is 2.32. The molecule has 1 unspecified atom stereocenters. The summed E-state index contributed by atoms with van der Waals surface area (Å²) in [6, 6.07) is 0.284. The molecule has 19 heavy (non-hydrogen) atoms. The number of nitrogens with zero attached hydrogens (tertiary/aromatic N) is 1. The molecule has 0 spiro atoms. The van der Waals surface area contributed by atoms with Crippen molar-refractivity contribution in [2.75, 3.05) is 13.6 Å². The first-order chi connectivity index (χ1) is 8.84. The minimum atomic E-state index is -0.344. The predicted octanol–water partition coefficient (Wildman–Crippen LogP) is 3.42. The van der Waals surface area contributed by atoms with Crippen molar-refractivity contribution < 1.29 is 4.79 Å². The number of hydrogen-bond donors (Lipinski definition) is 1. The maximum absolute atomic E-state index is 12.8. The van der Waals surface area contributed by atoms with Crippen LogP contribution in [-0.4, -0.2) is 30.4 Å². The first kappa shape index (κ1) is 18.4. The van der Waals surface area contributed by atoms with E-state index in [-0.39, 0.29) is 17.4 Å². The summed E-state index contributed by atoms with van der Waals surface area (Å²) in [5.41, 5.74) is 5.63. The number of hydrogen-bond acceptors (Lipinski definition) is 2. The zero-order valence-corrected chi connectivity index (χ0v) is 13.8. The van der Waals surface area contributed by atoms with Gasteiger partial charge in [-0.2, -0.15) is 0 Å². The van der Waals surface area contributed by atoms with Gasteiger partial charge in [0.05, 0.1) is 5.41 Å². The lowest BCUT2D eigenvalue weighted by molar-refractivity contribution is -0.143. The summed E-state index contributed by atoms with van der Waals surface area (Å²) in [6.07, 6.45) is 4.86. The van der Waals surface area contributed by atoms with Crippen LogP contribution in [0.15, 0.2) is 0 Å². The molecule has 1 atom stereocenters. The van der Waals surface area contributed by atoms with E-state index < -0.39 is 0 Å². The van der Waals surface area contributed by atoms with Crippen molar-refractivity contribution in [1.29, 1.82) is 0 Å². The number of nitrogens with two attached hydrogens (primary N) is 1. The molecule has 0 aromatic heterocycles. The molecular weight excluding hydrogens is 236 g/mol. The second-order valence-corrected chi connectivity index (χ2v) is 6.38. The molecule has 3 nitrogen and oxygen atoms in total. The van der Waals surface area contributed by atoms with Crippen LogP contribution in [0.1, 0.15) is 66.7 Å². The highest BCUT2D eigenvalue weighted by molar-refractivity contribution is 5.83. The van der Waals surface area contributed by atoms with Crippen LogP contribution in [0.2, 0.25) is 0 Å². The third-order valence-electron chi connectivity index (χ3n) is 4.10. The van der Waals surface area contributed by atoms with E-state index >= 15 is 0 Å². The fourth-order valence-corrected chi connectivity index (χ4v) is 3.00. The summed E-state index contributed by atoms with van der Waals surface area (Å²) in [5.74, 6) is 0.849. The van der Waals surface area contributed by atoms with Crippen molar-refractivity contribution in [2.45, 2.75) is 72.8 Å². The molecule has 0 aliphatic heterocycles. The molecule has 2 N–H and O–H groups in total. The number of amides is 1. The van der Waals surface area contributed by atoms with Crippen LogP contribution in [-0.2, 0) is 4.79 Å². The molecule has 0 fully saturated rings. The normalized spacial score (nSPS) is 13.7. The van der Waals surface area contributed by atoms with Gasteiger partial charge in [0.2, 0.25) is 5.91 Å². The van der Waals surface area contributed by atoms with Crippen molar-refractivity contribution in [3.8, 4) is 0 Å². The third-order valence-corrected chi connectivity index (χ3v) is 4.10. The van der Waals surface area contributed by atoms with Gasteiger partial charge in [0.15, 0.2) is 0 Å². The van der Waals surface area contributed by atoms with E-state index in [1.165, 1.54) is 0 Å². The van der Waals surface area contributed by atoms with E-state index in [0.29, 0.717) is 12.5 Å². The minimum absolute atomic E-state index is 0.242. The second-order valence-electron chi connectivity index (χ2n) is 6.38. The Labute approximate surface area is 119 Å². The Morgan fingerprint density at radius 1 is 1.16 bits per heavy atom. The van der Waals surface area contributed by atoms with Crippen molar-refractivity contribution in [3.05, 3.63) is 0 Å². The van der Waals surface area contributed by atoms with Crippen LogP contribution >= 0.6 is 0 Å². The van der Waals surface area contributed by atoms with Gasteiger partial charge in [-0.25, -0.2) is 0 Å². The van der Waals surface area contributed by atoms with Crippen LogP contribution in [0, 0.1) is 11.3 Å². The highest BCUT2D eigenvalue weighted by Gasteiger charge is 2.38. The van der Waals surface area contributed by atoms with Crippen LogP contribution in [0.4, 0.5) is 0 Å². The fraction of sp³-hybridized carbons (Fsp3) is 0.938. The van der Waals surface area contributed by atoms with Crippen molar-refractivity contribution in [2.24, 2.45) is 17.1 Å². The van der Waals surface area contributed by atoms with Gasteiger partial charge < -0.3 is 10.6 Å². The second kappa shape index (κ2) is 8.57. The minimum Gasteiger partial charge on any atom is -0.343 e. The zero-order valence-electron chi connectivity index (χ0n) is 13.8. The lowest BCUT2D eigenvalue weighted by Crippen LogP contribution is -2.49. The van der Waals surface area contributed by atoms with Gasteiger partial charge in [-0.3, -0.25) is 4.79 Å². The maximum Gasteiger partial charge on any atom is 0.230 e. The van der Waals surface area contributed by atoms with Gasteiger partial charge in [-0.1, -0.05) is 40.5 Å². The molecule has 0 aliphatic carbocycles. The van der Waals surface area contributed by atoms with Crippen LogP contribution < -0.4 is 5.73 Å². The number of carbonyl (C=O) groups excluding carboxylic acids is 1.